The van der Waals surface area contributed by atoms with Gasteiger partial charge in [0, 0.05) is 0 Å². The van der Waals surface area contributed by atoms with Gasteiger partial charge >= 0.3 is 5.97 Å². The first-order chi connectivity index (χ1) is 6.25. The molecule has 0 aromatic rings. The van der Waals surface area contributed by atoms with Crippen LogP contribution in [0.3, 0.4) is 0 Å². The van der Waals surface area contributed by atoms with Crippen molar-refractivity contribution in [2.45, 2.75) is 24.0 Å². The molecule has 0 amide bonds. The van der Waals surface area contributed by atoms with Gasteiger partial charge in [0.1, 0.15) is 18.3 Å². The number of rotatable bonds is 5. The number of carbonyl (C=O) groups is 1. The van der Waals surface area contributed by atoms with E-state index in [0.29, 0.717) is 0 Å². The van der Waals surface area contributed by atoms with E-state index in [1.54, 1.807) is 0 Å². The largest absolute Gasteiger partial charge is 0.478 e. The third-order valence-electron chi connectivity index (χ3n) is 1.70. The summed E-state index contributed by atoms with van der Waals surface area (Å²) in [6.45, 7) is -0.909. The molecule has 0 fully saturated rings. The lowest BCUT2D eigenvalue weighted by Gasteiger charge is -2.29. The Morgan fingerprint density at radius 2 is 1.79 bits per heavy atom. The fourth-order valence-electron chi connectivity index (χ4n) is 0.705. The average molecular weight is 211 g/mol. The van der Waals surface area contributed by atoms with E-state index in [0.717, 1.165) is 0 Å². The van der Waals surface area contributed by atoms with Crippen molar-refractivity contribution in [1.82, 2.24) is 0 Å². The lowest BCUT2D eigenvalue weighted by atomic mass is 9.99. The van der Waals surface area contributed by atoms with Crippen LogP contribution in [-0.2, 0) is 4.79 Å². The first kappa shape index (κ1) is 13.2. The van der Waals surface area contributed by atoms with Crippen molar-refractivity contribution >= 4 is 5.97 Å². The first-order valence-electron chi connectivity index (χ1n) is 3.64. The molecule has 0 aliphatic heterocycles. The highest BCUT2D eigenvalue weighted by Crippen LogP contribution is 2.11. The Morgan fingerprint density at radius 3 is 2.07 bits per heavy atom. The van der Waals surface area contributed by atoms with E-state index < -0.39 is 36.6 Å². The van der Waals surface area contributed by atoms with Gasteiger partial charge in [0.15, 0.2) is 0 Å². The summed E-state index contributed by atoms with van der Waals surface area (Å²) in [4.78, 5) is 10.3. The maximum absolute atomic E-state index is 10.3. The topological polar surface area (TPSA) is 164 Å². The zero-order valence-electron chi connectivity index (χ0n) is 7.11. The van der Waals surface area contributed by atoms with Crippen LogP contribution < -0.4 is 5.73 Å². The molecule has 84 valence electrons. The molecule has 8 heteroatoms. The van der Waals surface area contributed by atoms with Gasteiger partial charge in [-0.15, -0.1) is 0 Å². The molecule has 8 nitrogen and oxygen atoms in total. The standard InChI is InChI=1S/C6H13NO7/c7-6(14,5(12)13)4(11)3(10)2(9)1-8/h2-4,8-11,14H,1,7H2,(H,12,13)/t2-,3-,4+,6+/m1/s1. The van der Waals surface area contributed by atoms with Crippen LogP contribution in [0.5, 0.6) is 0 Å². The number of carboxylic acids is 1. The fraction of sp³-hybridized carbons (Fsp3) is 0.833. The van der Waals surface area contributed by atoms with Crippen molar-refractivity contribution in [3.8, 4) is 0 Å². The Kier molecular flexibility index (Phi) is 4.39. The molecule has 0 unspecified atom stereocenters. The van der Waals surface area contributed by atoms with Crippen molar-refractivity contribution in [2.75, 3.05) is 6.61 Å². The minimum atomic E-state index is -3.09. The van der Waals surface area contributed by atoms with E-state index in [2.05, 4.69) is 0 Å². The van der Waals surface area contributed by atoms with Gasteiger partial charge in [0.05, 0.1) is 6.61 Å². The van der Waals surface area contributed by atoms with Gasteiger partial charge in [-0.05, 0) is 0 Å². The van der Waals surface area contributed by atoms with Crippen molar-refractivity contribution in [1.29, 1.82) is 0 Å². The second-order valence-electron chi connectivity index (χ2n) is 2.82. The molecule has 0 aliphatic carbocycles. The second-order valence-corrected chi connectivity index (χ2v) is 2.82. The highest BCUT2D eigenvalue weighted by atomic mass is 16.4. The van der Waals surface area contributed by atoms with Gasteiger partial charge < -0.3 is 30.6 Å². The van der Waals surface area contributed by atoms with E-state index in [9.17, 15) is 4.79 Å². The van der Waals surface area contributed by atoms with Crippen LogP contribution in [0.25, 0.3) is 0 Å². The van der Waals surface area contributed by atoms with Gasteiger partial charge in [-0.25, -0.2) is 4.79 Å². The summed E-state index contributed by atoms with van der Waals surface area (Å²) in [6, 6.07) is 0. The molecule has 14 heavy (non-hydrogen) atoms. The van der Waals surface area contributed by atoms with Crippen LogP contribution >= 0.6 is 0 Å². The van der Waals surface area contributed by atoms with Gasteiger partial charge in [0.25, 0.3) is 0 Å². The van der Waals surface area contributed by atoms with E-state index in [-0.39, 0.29) is 0 Å². The number of nitrogens with two attached hydrogens (primary N) is 1. The first-order valence-corrected chi connectivity index (χ1v) is 3.64. The van der Waals surface area contributed by atoms with E-state index in [4.69, 9.17) is 36.4 Å². The van der Waals surface area contributed by atoms with Crippen molar-refractivity contribution in [3.63, 3.8) is 0 Å². The molecule has 0 aromatic heterocycles. The maximum Gasteiger partial charge on any atom is 0.353 e. The number of aliphatic carboxylic acids is 1. The Bertz CT molecular complexity index is 206. The van der Waals surface area contributed by atoms with Gasteiger partial charge in [0.2, 0.25) is 5.72 Å². The Labute approximate surface area is 78.8 Å². The monoisotopic (exact) mass is 211 g/mol. The summed E-state index contributed by atoms with van der Waals surface area (Å²) < 4.78 is 0. The summed E-state index contributed by atoms with van der Waals surface area (Å²) in [5.41, 5.74) is 1.66. The van der Waals surface area contributed by atoms with Crippen LogP contribution in [0.1, 0.15) is 0 Å². The summed E-state index contributed by atoms with van der Waals surface area (Å²) in [7, 11) is 0. The average Bonchev–Trinajstić information content (AvgIpc) is 2.13. The van der Waals surface area contributed by atoms with E-state index >= 15 is 0 Å². The third-order valence-corrected chi connectivity index (χ3v) is 1.70. The summed E-state index contributed by atoms with van der Waals surface area (Å²) >= 11 is 0. The molecule has 0 heterocycles. The van der Waals surface area contributed by atoms with Crippen molar-refractivity contribution < 1.29 is 35.4 Å². The maximum atomic E-state index is 10.3. The molecule has 0 saturated heterocycles. The fourth-order valence-corrected chi connectivity index (χ4v) is 0.705. The predicted octanol–water partition coefficient (Wildman–Crippen LogP) is -4.21. The number of aliphatic hydroxyl groups excluding tert-OH is 4. The second kappa shape index (κ2) is 4.64. The van der Waals surface area contributed by atoms with Crippen LogP contribution in [0.2, 0.25) is 0 Å². The summed E-state index contributed by atoms with van der Waals surface area (Å²) in [5, 5.41) is 52.5. The van der Waals surface area contributed by atoms with Crippen LogP contribution in [0.4, 0.5) is 0 Å². The van der Waals surface area contributed by atoms with Crippen molar-refractivity contribution in [2.24, 2.45) is 5.73 Å². The smallest absolute Gasteiger partial charge is 0.353 e. The quantitative estimate of drug-likeness (QED) is 0.225. The molecule has 0 aliphatic rings. The summed E-state index contributed by atoms with van der Waals surface area (Å²) in [5.74, 6) is -1.96. The molecule has 4 atom stereocenters. The molecule has 0 saturated carbocycles. The highest BCUT2D eigenvalue weighted by Gasteiger charge is 2.45. The Morgan fingerprint density at radius 1 is 1.36 bits per heavy atom. The van der Waals surface area contributed by atoms with Crippen molar-refractivity contribution in [3.05, 3.63) is 0 Å². The lowest BCUT2D eigenvalue weighted by Crippen LogP contribution is -2.63. The minimum Gasteiger partial charge on any atom is -0.478 e. The number of hydrogen-bond donors (Lipinski definition) is 7. The molecule has 0 spiro atoms. The number of aliphatic hydroxyl groups is 5. The lowest BCUT2D eigenvalue weighted by molar-refractivity contribution is -0.189. The molecular formula is C6H13NO7. The Hall–Kier alpha value is -0.770. The minimum absolute atomic E-state index is 0.909. The molecule has 0 bridgehead atoms. The van der Waals surface area contributed by atoms with Gasteiger partial charge in [-0.1, -0.05) is 0 Å². The van der Waals surface area contributed by atoms with Crippen LogP contribution in [0.15, 0.2) is 0 Å². The molecular weight excluding hydrogens is 198 g/mol. The van der Waals surface area contributed by atoms with Crippen LogP contribution in [0, 0.1) is 0 Å². The zero-order valence-corrected chi connectivity index (χ0v) is 7.11. The molecule has 0 aromatic carbocycles. The molecule has 0 rings (SSSR count). The number of carboxylic acid groups (broad SMARTS) is 1. The molecule has 0 radical (unpaired) electrons. The Balaban J connectivity index is 4.60. The third kappa shape index (κ3) is 2.61. The van der Waals surface area contributed by atoms with E-state index in [1.165, 1.54) is 0 Å². The zero-order chi connectivity index (χ0) is 11.5. The normalized spacial score (nSPS) is 22.1. The van der Waals surface area contributed by atoms with Crippen LogP contribution in [-0.4, -0.2) is 67.3 Å². The SMILES string of the molecule is N[C@@](O)(C(=O)O)[C@@H](O)[C@H](O)[C@H](O)CO. The predicted molar refractivity (Wildman–Crippen MR) is 41.9 cm³/mol. The molecule has 8 N–H and O–H groups in total. The number of hydrogen-bond acceptors (Lipinski definition) is 7. The van der Waals surface area contributed by atoms with E-state index in [1.807, 2.05) is 0 Å². The summed E-state index contributed by atoms with van der Waals surface area (Å²) in [6.07, 6.45) is -6.17. The van der Waals surface area contributed by atoms with Gasteiger partial charge in [-0.2, -0.15) is 0 Å². The highest BCUT2D eigenvalue weighted by molar-refractivity contribution is 5.77. The van der Waals surface area contributed by atoms with Gasteiger partial charge in [-0.3, -0.25) is 5.73 Å².